The maximum Gasteiger partial charge on any atom is 0.233 e. The molecule has 3 N–H and O–H groups in total. The number of hydrogen-bond donors (Lipinski definition) is 3. The molecule has 0 aliphatic rings. The molecule has 2 aromatic heterocycles. The topological polar surface area (TPSA) is 87.7 Å². The first-order chi connectivity index (χ1) is 14.6. The van der Waals surface area contributed by atoms with Crippen LogP contribution in [0.2, 0.25) is 0 Å². The van der Waals surface area contributed by atoms with Crippen LogP contribution >= 0.6 is 0 Å². The highest BCUT2D eigenvalue weighted by Gasteiger charge is 2.08. The Morgan fingerprint density at radius 3 is 2.07 bits per heavy atom. The largest absolute Gasteiger partial charge is 0.350 e. The normalized spacial score (nSPS) is 10.5. The molecule has 8 heteroatoms. The van der Waals surface area contributed by atoms with E-state index >= 15 is 0 Å². The van der Waals surface area contributed by atoms with Crippen molar-refractivity contribution in [3.63, 3.8) is 0 Å². The summed E-state index contributed by atoms with van der Waals surface area (Å²) in [5, 5.41) is 9.48. The molecule has 0 saturated carbocycles. The summed E-state index contributed by atoms with van der Waals surface area (Å²) in [7, 11) is 0. The van der Waals surface area contributed by atoms with Gasteiger partial charge in [-0.2, -0.15) is 19.3 Å². The number of halogens is 1. The summed E-state index contributed by atoms with van der Waals surface area (Å²) in [5.41, 5.74) is 3.61. The van der Waals surface area contributed by atoms with E-state index < -0.39 is 5.95 Å². The van der Waals surface area contributed by atoms with Crippen LogP contribution in [0.15, 0.2) is 72.9 Å². The molecule has 0 fully saturated rings. The van der Waals surface area contributed by atoms with Crippen LogP contribution in [0.5, 0.6) is 0 Å². The van der Waals surface area contributed by atoms with Gasteiger partial charge >= 0.3 is 0 Å². The summed E-state index contributed by atoms with van der Waals surface area (Å²) in [6.07, 6.45) is 1.42. The van der Waals surface area contributed by atoms with Crippen molar-refractivity contribution in [2.24, 2.45) is 0 Å². The maximum atomic E-state index is 13.3. The molecule has 7 nitrogen and oxygen atoms in total. The molecule has 2 aromatic carbocycles. The minimum atomic E-state index is -0.530. The average Bonchev–Trinajstić information content (AvgIpc) is 2.75. The molecule has 150 valence electrons. The Morgan fingerprint density at radius 2 is 1.40 bits per heavy atom. The van der Waals surface area contributed by atoms with E-state index in [1.807, 2.05) is 61.5 Å². The van der Waals surface area contributed by atoms with Gasteiger partial charge in [0.25, 0.3) is 0 Å². The third-order valence-electron chi connectivity index (χ3n) is 4.21. The van der Waals surface area contributed by atoms with E-state index in [0.29, 0.717) is 24.4 Å². The van der Waals surface area contributed by atoms with Gasteiger partial charge in [-0.1, -0.05) is 35.9 Å². The summed E-state index contributed by atoms with van der Waals surface area (Å²) in [4.78, 5) is 16.9. The highest BCUT2D eigenvalue weighted by Crippen LogP contribution is 2.19. The summed E-state index contributed by atoms with van der Waals surface area (Å²) >= 11 is 0. The maximum absolute atomic E-state index is 13.3. The van der Waals surface area contributed by atoms with E-state index in [2.05, 4.69) is 35.9 Å². The predicted molar refractivity (Wildman–Crippen MR) is 116 cm³/mol. The van der Waals surface area contributed by atoms with Gasteiger partial charge in [-0.05, 0) is 48.9 Å². The molecular weight excluding hydrogens is 381 g/mol. The second-order valence-corrected chi connectivity index (χ2v) is 6.63. The Kier molecular flexibility index (Phi) is 5.75. The summed E-state index contributed by atoms with van der Waals surface area (Å²) < 4.78 is 13.3. The molecule has 0 atom stereocenters. The van der Waals surface area contributed by atoms with E-state index in [4.69, 9.17) is 0 Å². The molecular formula is C22H20FN7. The zero-order valence-corrected chi connectivity index (χ0v) is 16.3. The fourth-order valence-electron chi connectivity index (χ4n) is 2.72. The Bertz CT molecular complexity index is 1120. The standard InChI is InChI=1S/C22H20FN7/c1-15-7-9-18(10-8-15)27-22-29-20(25-14-16-11-12-24-19(23)13-16)28-21(30-22)26-17-5-3-2-4-6-17/h2-13H,14H2,1H3,(H3,25,26,27,28,29,30). The third kappa shape index (κ3) is 5.26. The Morgan fingerprint density at radius 1 is 0.767 bits per heavy atom. The Hall–Kier alpha value is -4.07. The molecule has 0 spiro atoms. The monoisotopic (exact) mass is 401 g/mol. The molecule has 4 aromatic rings. The van der Waals surface area contributed by atoms with Gasteiger partial charge in [0.2, 0.25) is 23.8 Å². The number of anilines is 5. The summed E-state index contributed by atoms with van der Waals surface area (Å²) in [6, 6.07) is 20.6. The van der Waals surface area contributed by atoms with Gasteiger partial charge in [0.15, 0.2) is 0 Å². The predicted octanol–water partition coefficient (Wildman–Crippen LogP) is 4.81. The molecule has 2 heterocycles. The third-order valence-corrected chi connectivity index (χ3v) is 4.21. The van der Waals surface area contributed by atoms with Crippen LogP contribution in [0.1, 0.15) is 11.1 Å². The Labute approximate surface area is 173 Å². The quantitative estimate of drug-likeness (QED) is 0.383. The van der Waals surface area contributed by atoms with Crippen LogP contribution in [0.3, 0.4) is 0 Å². The lowest BCUT2D eigenvalue weighted by atomic mass is 10.2. The van der Waals surface area contributed by atoms with Gasteiger partial charge in [-0.3, -0.25) is 0 Å². The molecule has 0 aliphatic carbocycles. The van der Waals surface area contributed by atoms with Crippen LogP contribution in [-0.2, 0) is 6.54 Å². The van der Waals surface area contributed by atoms with Crippen LogP contribution < -0.4 is 16.0 Å². The number of hydrogen-bond acceptors (Lipinski definition) is 7. The van der Waals surface area contributed by atoms with Crippen molar-refractivity contribution in [1.82, 2.24) is 19.9 Å². The van der Waals surface area contributed by atoms with Gasteiger partial charge in [0, 0.05) is 24.1 Å². The lowest BCUT2D eigenvalue weighted by Crippen LogP contribution is -2.10. The zero-order chi connectivity index (χ0) is 20.8. The van der Waals surface area contributed by atoms with Crippen LogP contribution in [0, 0.1) is 12.9 Å². The second kappa shape index (κ2) is 8.95. The van der Waals surface area contributed by atoms with Crippen LogP contribution in [0.25, 0.3) is 0 Å². The van der Waals surface area contributed by atoms with E-state index in [1.54, 1.807) is 6.07 Å². The lowest BCUT2D eigenvalue weighted by molar-refractivity contribution is 0.581. The van der Waals surface area contributed by atoms with Crippen molar-refractivity contribution in [2.75, 3.05) is 16.0 Å². The van der Waals surface area contributed by atoms with Crippen molar-refractivity contribution < 1.29 is 4.39 Å². The van der Waals surface area contributed by atoms with E-state index in [1.165, 1.54) is 12.3 Å². The van der Waals surface area contributed by atoms with Gasteiger partial charge in [0.1, 0.15) is 0 Å². The van der Waals surface area contributed by atoms with Crippen molar-refractivity contribution in [3.05, 3.63) is 90.0 Å². The van der Waals surface area contributed by atoms with E-state index in [9.17, 15) is 4.39 Å². The van der Waals surface area contributed by atoms with Crippen molar-refractivity contribution in [1.29, 1.82) is 0 Å². The van der Waals surface area contributed by atoms with Gasteiger partial charge < -0.3 is 16.0 Å². The van der Waals surface area contributed by atoms with Gasteiger partial charge in [-0.25, -0.2) is 4.98 Å². The number of nitrogens with zero attached hydrogens (tertiary/aromatic N) is 4. The molecule has 0 unspecified atom stereocenters. The first-order valence-corrected chi connectivity index (χ1v) is 9.40. The average molecular weight is 401 g/mol. The van der Waals surface area contributed by atoms with Gasteiger partial charge in [-0.15, -0.1) is 0 Å². The fraction of sp³-hybridized carbons (Fsp3) is 0.0909. The zero-order valence-electron chi connectivity index (χ0n) is 16.3. The molecule has 0 aliphatic heterocycles. The van der Waals surface area contributed by atoms with Crippen molar-refractivity contribution >= 4 is 29.2 Å². The number of pyridine rings is 1. The van der Waals surface area contributed by atoms with Crippen LogP contribution in [0.4, 0.5) is 33.6 Å². The number of para-hydroxylation sites is 1. The summed E-state index contributed by atoms with van der Waals surface area (Å²) in [6.45, 7) is 2.37. The molecule has 0 bridgehead atoms. The van der Waals surface area contributed by atoms with E-state index in [-0.39, 0.29) is 0 Å². The molecule has 4 rings (SSSR count). The lowest BCUT2D eigenvalue weighted by Gasteiger charge is -2.11. The summed E-state index contributed by atoms with van der Waals surface area (Å²) in [5.74, 6) is 0.596. The molecule has 0 saturated heterocycles. The Balaban J connectivity index is 1.58. The molecule has 30 heavy (non-hydrogen) atoms. The first-order valence-electron chi connectivity index (χ1n) is 9.40. The number of aryl methyl sites for hydroxylation is 1. The second-order valence-electron chi connectivity index (χ2n) is 6.63. The number of aromatic nitrogens is 4. The minimum absolute atomic E-state index is 0.345. The smallest absolute Gasteiger partial charge is 0.233 e. The van der Waals surface area contributed by atoms with E-state index in [0.717, 1.165) is 22.5 Å². The highest BCUT2D eigenvalue weighted by molar-refractivity contribution is 5.59. The number of benzene rings is 2. The van der Waals surface area contributed by atoms with Crippen molar-refractivity contribution in [2.45, 2.75) is 13.5 Å². The first kappa shape index (κ1) is 19.3. The number of rotatable bonds is 7. The minimum Gasteiger partial charge on any atom is -0.350 e. The van der Waals surface area contributed by atoms with Gasteiger partial charge in [0.05, 0.1) is 0 Å². The molecule has 0 radical (unpaired) electrons. The number of nitrogens with one attached hydrogen (secondary N) is 3. The SMILES string of the molecule is Cc1ccc(Nc2nc(NCc3ccnc(F)c3)nc(Nc3ccccc3)n2)cc1. The fourth-order valence-corrected chi connectivity index (χ4v) is 2.72. The highest BCUT2D eigenvalue weighted by atomic mass is 19.1. The van der Waals surface area contributed by atoms with Crippen LogP contribution in [-0.4, -0.2) is 19.9 Å². The van der Waals surface area contributed by atoms with Crippen molar-refractivity contribution in [3.8, 4) is 0 Å². The molecule has 0 amide bonds.